The standard InChI is InChI=1S/C14H23FN2O2/c15-10-3-1-2-4-11(10)16-13(18)17-12-9-14(12)5-7-19-8-6-14/h10-12H,1-9H2,(H2,16,17,18)/t10-,11-,12?/m1/s1. The number of urea groups is 1. The maximum Gasteiger partial charge on any atom is 0.315 e. The SMILES string of the molecule is O=C(NC1CC12CCOCC2)N[C@@H]1CCCC[C@H]1F. The average Bonchev–Trinajstić information content (AvgIpc) is 3.04. The van der Waals surface area contributed by atoms with Crippen LogP contribution in [0.5, 0.6) is 0 Å². The molecule has 1 aliphatic heterocycles. The molecule has 2 N–H and O–H groups in total. The van der Waals surface area contributed by atoms with Gasteiger partial charge in [0.2, 0.25) is 0 Å². The van der Waals surface area contributed by atoms with Crippen molar-refractivity contribution in [2.24, 2.45) is 5.41 Å². The smallest absolute Gasteiger partial charge is 0.315 e. The Balaban J connectivity index is 1.44. The van der Waals surface area contributed by atoms with E-state index < -0.39 is 6.17 Å². The molecule has 4 nitrogen and oxygen atoms in total. The third kappa shape index (κ3) is 2.86. The van der Waals surface area contributed by atoms with Crippen LogP contribution in [0, 0.1) is 5.41 Å². The Kier molecular flexibility index (Phi) is 3.65. The molecule has 0 radical (unpaired) electrons. The van der Waals surface area contributed by atoms with E-state index in [4.69, 9.17) is 4.74 Å². The molecule has 0 aromatic heterocycles. The van der Waals surface area contributed by atoms with Crippen LogP contribution in [0.25, 0.3) is 0 Å². The Morgan fingerprint density at radius 3 is 2.63 bits per heavy atom. The Bertz CT molecular complexity index is 344. The van der Waals surface area contributed by atoms with Crippen molar-refractivity contribution in [3.63, 3.8) is 0 Å². The Hall–Kier alpha value is -0.840. The van der Waals surface area contributed by atoms with Crippen LogP contribution < -0.4 is 10.6 Å². The zero-order valence-corrected chi connectivity index (χ0v) is 11.3. The monoisotopic (exact) mass is 270 g/mol. The second kappa shape index (κ2) is 5.27. The molecule has 108 valence electrons. The van der Waals surface area contributed by atoms with Crippen molar-refractivity contribution in [3.05, 3.63) is 0 Å². The van der Waals surface area contributed by atoms with E-state index in [1.54, 1.807) is 0 Å². The van der Waals surface area contributed by atoms with Crippen molar-refractivity contribution >= 4 is 6.03 Å². The molecule has 3 rings (SSSR count). The van der Waals surface area contributed by atoms with Crippen molar-refractivity contribution in [1.29, 1.82) is 0 Å². The second-order valence-electron chi connectivity index (χ2n) is 6.26. The van der Waals surface area contributed by atoms with Gasteiger partial charge in [-0.1, -0.05) is 12.8 Å². The molecule has 0 aromatic carbocycles. The van der Waals surface area contributed by atoms with Gasteiger partial charge in [-0.2, -0.15) is 0 Å². The van der Waals surface area contributed by atoms with Gasteiger partial charge in [-0.15, -0.1) is 0 Å². The summed E-state index contributed by atoms with van der Waals surface area (Å²) < 4.78 is 19.0. The minimum Gasteiger partial charge on any atom is -0.381 e. The van der Waals surface area contributed by atoms with E-state index in [9.17, 15) is 9.18 Å². The van der Waals surface area contributed by atoms with Crippen molar-refractivity contribution in [1.82, 2.24) is 10.6 Å². The van der Waals surface area contributed by atoms with Gasteiger partial charge < -0.3 is 15.4 Å². The summed E-state index contributed by atoms with van der Waals surface area (Å²) in [4.78, 5) is 11.9. The molecule has 1 spiro atoms. The summed E-state index contributed by atoms with van der Waals surface area (Å²) >= 11 is 0. The number of hydrogen-bond acceptors (Lipinski definition) is 2. The maximum atomic E-state index is 13.7. The van der Waals surface area contributed by atoms with E-state index in [2.05, 4.69) is 10.6 Å². The molecule has 1 saturated heterocycles. The van der Waals surface area contributed by atoms with E-state index in [1.165, 1.54) is 0 Å². The lowest BCUT2D eigenvalue weighted by Crippen LogP contribution is -2.49. The number of nitrogens with one attached hydrogen (secondary N) is 2. The number of carbonyl (C=O) groups is 1. The van der Waals surface area contributed by atoms with Gasteiger partial charge in [0.05, 0.1) is 6.04 Å². The van der Waals surface area contributed by atoms with Crippen molar-refractivity contribution in [2.75, 3.05) is 13.2 Å². The number of rotatable bonds is 2. The predicted molar refractivity (Wildman–Crippen MR) is 69.7 cm³/mol. The fourth-order valence-corrected chi connectivity index (χ4v) is 3.50. The molecule has 3 atom stereocenters. The van der Waals surface area contributed by atoms with E-state index in [1.807, 2.05) is 0 Å². The molecule has 5 heteroatoms. The highest BCUT2D eigenvalue weighted by molar-refractivity contribution is 5.75. The van der Waals surface area contributed by atoms with E-state index in [-0.39, 0.29) is 23.5 Å². The minimum atomic E-state index is -0.879. The molecule has 1 heterocycles. The first-order chi connectivity index (χ1) is 9.20. The molecule has 19 heavy (non-hydrogen) atoms. The van der Waals surface area contributed by atoms with Crippen LogP contribution in [0.15, 0.2) is 0 Å². The number of hydrogen-bond donors (Lipinski definition) is 2. The van der Waals surface area contributed by atoms with Crippen LogP contribution in [-0.4, -0.2) is 37.5 Å². The molecule has 0 aromatic rings. The highest BCUT2D eigenvalue weighted by Crippen LogP contribution is 2.53. The third-order valence-corrected chi connectivity index (χ3v) is 4.98. The zero-order valence-electron chi connectivity index (χ0n) is 11.3. The second-order valence-corrected chi connectivity index (χ2v) is 6.26. The lowest BCUT2D eigenvalue weighted by molar-refractivity contribution is 0.0547. The first-order valence-electron chi connectivity index (χ1n) is 7.48. The zero-order chi connectivity index (χ0) is 13.3. The molecule has 2 saturated carbocycles. The molecule has 1 unspecified atom stereocenters. The first-order valence-corrected chi connectivity index (χ1v) is 7.48. The number of alkyl halides is 1. The molecular formula is C14H23FN2O2. The highest BCUT2D eigenvalue weighted by atomic mass is 19.1. The molecular weight excluding hydrogens is 247 g/mol. The quantitative estimate of drug-likeness (QED) is 0.807. The number of amides is 2. The van der Waals surface area contributed by atoms with Crippen molar-refractivity contribution in [3.8, 4) is 0 Å². The van der Waals surface area contributed by atoms with Crippen LogP contribution in [0.1, 0.15) is 44.9 Å². The van der Waals surface area contributed by atoms with Crippen molar-refractivity contribution < 1.29 is 13.9 Å². The van der Waals surface area contributed by atoms with Crippen molar-refractivity contribution in [2.45, 2.75) is 63.2 Å². The molecule has 2 amide bonds. The van der Waals surface area contributed by atoms with Gasteiger partial charge in [0, 0.05) is 19.3 Å². The van der Waals surface area contributed by atoms with Crippen LogP contribution >= 0.6 is 0 Å². The molecule has 0 bridgehead atoms. The number of ether oxygens (including phenoxy) is 1. The summed E-state index contributed by atoms with van der Waals surface area (Å²) in [5.74, 6) is 0. The van der Waals surface area contributed by atoms with E-state index in [0.29, 0.717) is 6.42 Å². The molecule has 3 fully saturated rings. The van der Waals surface area contributed by atoms with Crippen LogP contribution in [0.4, 0.5) is 9.18 Å². The van der Waals surface area contributed by atoms with Gasteiger partial charge in [0.15, 0.2) is 0 Å². The summed E-state index contributed by atoms with van der Waals surface area (Å²) in [6.45, 7) is 1.60. The first kappa shape index (κ1) is 13.2. The topological polar surface area (TPSA) is 50.4 Å². The minimum absolute atomic E-state index is 0.192. The highest BCUT2D eigenvalue weighted by Gasteiger charge is 2.55. The summed E-state index contributed by atoms with van der Waals surface area (Å²) in [6, 6.07) is -0.223. The Morgan fingerprint density at radius 2 is 1.89 bits per heavy atom. The van der Waals surface area contributed by atoms with E-state index in [0.717, 1.165) is 51.7 Å². The normalized spacial score (nSPS) is 36.8. The Labute approximate surface area is 113 Å². The van der Waals surface area contributed by atoms with Crippen LogP contribution in [0.3, 0.4) is 0 Å². The fraction of sp³-hybridized carbons (Fsp3) is 0.929. The maximum absolute atomic E-state index is 13.7. The van der Waals surface area contributed by atoms with E-state index >= 15 is 0 Å². The largest absolute Gasteiger partial charge is 0.381 e. The van der Waals surface area contributed by atoms with Gasteiger partial charge in [-0.25, -0.2) is 9.18 Å². The average molecular weight is 270 g/mol. The van der Waals surface area contributed by atoms with Crippen LogP contribution in [-0.2, 0) is 4.74 Å². The fourth-order valence-electron chi connectivity index (χ4n) is 3.50. The van der Waals surface area contributed by atoms with Crippen LogP contribution in [0.2, 0.25) is 0 Å². The van der Waals surface area contributed by atoms with Gasteiger partial charge in [-0.3, -0.25) is 0 Å². The van der Waals surface area contributed by atoms with Gasteiger partial charge in [0.25, 0.3) is 0 Å². The van der Waals surface area contributed by atoms with Gasteiger partial charge >= 0.3 is 6.03 Å². The Morgan fingerprint density at radius 1 is 1.16 bits per heavy atom. The lowest BCUT2D eigenvalue weighted by Gasteiger charge is -2.27. The van der Waals surface area contributed by atoms with Gasteiger partial charge in [0.1, 0.15) is 6.17 Å². The number of halogens is 1. The van der Waals surface area contributed by atoms with Gasteiger partial charge in [-0.05, 0) is 37.5 Å². The summed E-state index contributed by atoms with van der Waals surface area (Å²) in [7, 11) is 0. The summed E-state index contributed by atoms with van der Waals surface area (Å²) in [6.07, 6.45) is 5.53. The predicted octanol–water partition coefficient (Wildman–Crippen LogP) is 2.14. The molecule has 2 aliphatic carbocycles. The third-order valence-electron chi connectivity index (χ3n) is 4.98. The lowest BCUT2D eigenvalue weighted by atomic mass is 9.94. The number of carbonyl (C=O) groups excluding carboxylic acids is 1. The molecule has 3 aliphatic rings. The summed E-state index contributed by atoms with van der Waals surface area (Å²) in [5, 5.41) is 5.82. The summed E-state index contributed by atoms with van der Waals surface area (Å²) in [5.41, 5.74) is 0.275.